The van der Waals surface area contributed by atoms with Crippen molar-refractivity contribution in [2.75, 3.05) is 35.5 Å². The molecule has 1 aromatic heterocycles. The third-order valence-electron chi connectivity index (χ3n) is 4.43. The number of anilines is 1. The largest absolute Gasteiger partial charge is 0.470 e. The lowest BCUT2D eigenvalue weighted by atomic mass is 10.2. The molecule has 0 spiro atoms. The van der Waals surface area contributed by atoms with Gasteiger partial charge in [-0.2, -0.15) is 5.10 Å². The van der Waals surface area contributed by atoms with Gasteiger partial charge >= 0.3 is 0 Å². The molecule has 1 fully saturated rings. The summed E-state index contributed by atoms with van der Waals surface area (Å²) in [5, 5.41) is 6.99. The molecule has 178 valence electrons. The molecule has 2 heterocycles. The van der Waals surface area contributed by atoms with Crippen LogP contribution in [0.2, 0.25) is 5.02 Å². The Kier molecular flexibility index (Phi) is 9.53. The van der Waals surface area contributed by atoms with Crippen molar-refractivity contribution in [2.45, 2.75) is 13.0 Å². The van der Waals surface area contributed by atoms with Crippen LogP contribution in [0, 0.1) is 5.82 Å². The molecule has 0 unspecified atom stereocenters. The van der Waals surface area contributed by atoms with Crippen LogP contribution in [-0.2, 0) is 22.1 Å². The zero-order chi connectivity index (χ0) is 23.8. The summed E-state index contributed by atoms with van der Waals surface area (Å²) in [5.41, 5.74) is 1.68. The number of pyridine rings is 1. The zero-order valence-electron chi connectivity index (χ0n) is 17.4. The highest BCUT2D eigenvalue weighted by Crippen LogP contribution is 2.31. The maximum absolute atomic E-state index is 13.7. The summed E-state index contributed by atoms with van der Waals surface area (Å²) in [5.74, 6) is 0.529. The van der Waals surface area contributed by atoms with Gasteiger partial charge in [0.2, 0.25) is 5.90 Å². The minimum absolute atomic E-state index is 0.00453. The Labute approximate surface area is 201 Å². The average Bonchev–Trinajstić information content (AvgIpc) is 2.80. The first-order valence-corrected chi connectivity index (χ1v) is 12.4. The van der Waals surface area contributed by atoms with Crippen LogP contribution in [-0.4, -0.2) is 63.7 Å². The lowest BCUT2D eigenvalue weighted by Gasteiger charge is -2.32. The van der Waals surface area contributed by atoms with Gasteiger partial charge in [0.25, 0.3) is 6.43 Å². The van der Waals surface area contributed by atoms with Crippen molar-refractivity contribution in [1.82, 2.24) is 9.29 Å². The zero-order valence-corrected chi connectivity index (χ0v) is 19.8. The monoisotopic (exact) mass is 519 g/mol. The molecule has 1 saturated heterocycles. The van der Waals surface area contributed by atoms with Gasteiger partial charge in [0, 0.05) is 60.4 Å². The molecule has 0 amide bonds. The van der Waals surface area contributed by atoms with Crippen LogP contribution in [0.25, 0.3) is 0 Å². The molecular formula is C20H21ClF3N5O2S2. The summed E-state index contributed by atoms with van der Waals surface area (Å²) in [7, 11) is -0.818. The fraction of sp³-hybridized carbons (Fsp3) is 0.350. The second-order valence-electron chi connectivity index (χ2n) is 6.78. The minimum atomic E-state index is -2.66. The molecule has 0 bridgehead atoms. The van der Waals surface area contributed by atoms with Gasteiger partial charge < -0.3 is 4.74 Å². The fourth-order valence-electron chi connectivity index (χ4n) is 2.82. The summed E-state index contributed by atoms with van der Waals surface area (Å²) in [6.07, 6.45) is -1.22. The molecule has 1 aliphatic rings. The van der Waals surface area contributed by atoms with Gasteiger partial charge in [-0.3, -0.25) is 13.5 Å². The van der Waals surface area contributed by atoms with Gasteiger partial charge in [0.05, 0.1) is 28.5 Å². The van der Waals surface area contributed by atoms with Crippen LogP contribution < -0.4 is 4.31 Å². The van der Waals surface area contributed by atoms with Gasteiger partial charge in [-0.15, -0.1) is 5.10 Å². The lowest BCUT2D eigenvalue weighted by molar-refractivity contribution is 0.0765. The van der Waals surface area contributed by atoms with Crippen LogP contribution >= 0.6 is 23.7 Å². The van der Waals surface area contributed by atoms with E-state index in [1.54, 1.807) is 18.2 Å². The van der Waals surface area contributed by atoms with Gasteiger partial charge in [0.1, 0.15) is 5.82 Å². The van der Waals surface area contributed by atoms with Crippen LogP contribution in [0.3, 0.4) is 0 Å². The molecule has 0 aliphatic carbocycles. The molecule has 33 heavy (non-hydrogen) atoms. The number of rotatable bonds is 9. The molecule has 13 heteroatoms. The molecule has 0 radical (unpaired) electrons. The molecule has 7 nitrogen and oxygen atoms in total. The average molecular weight is 520 g/mol. The maximum Gasteiger partial charge on any atom is 0.272 e. The highest BCUT2D eigenvalue weighted by atomic mass is 35.5. The summed E-state index contributed by atoms with van der Waals surface area (Å²) in [6, 6.07) is 7.76. The van der Waals surface area contributed by atoms with Crippen molar-refractivity contribution in [2.24, 2.45) is 10.2 Å². The number of nitrogens with zero attached hydrogens (tertiary/aromatic N) is 5. The van der Waals surface area contributed by atoms with Crippen molar-refractivity contribution >= 4 is 52.8 Å². The van der Waals surface area contributed by atoms with Gasteiger partial charge in [-0.1, -0.05) is 11.6 Å². The number of aromatic nitrogens is 1. The quantitative estimate of drug-likeness (QED) is 0.214. The first kappa shape index (κ1) is 25.5. The number of halogens is 4. The normalized spacial score (nSPS) is 15.6. The SMILES string of the molecule is C=N/N=C(\OCC(F)F)c1ccc(CN(SN2CCS(=O)CC2)c2ccc(F)c(Cl)c2)nc1. The molecule has 0 saturated carbocycles. The first-order chi connectivity index (χ1) is 15.9. The molecule has 2 aromatic rings. The molecule has 1 aliphatic heterocycles. The Morgan fingerprint density at radius 1 is 1.33 bits per heavy atom. The predicted molar refractivity (Wildman–Crippen MR) is 127 cm³/mol. The number of benzene rings is 1. The van der Waals surface area contributed by atoms with Crippen LogP contribution in [0.4, 0.5) is 18.9 Å². The van der Waals surface area contributed by atoms with Crippen molar-refractivity contribution in [1.29, 1.82) is 0 Å². The van der Waals surface area contributed by atoms with E-state index in [9.17, 15) is 17.4 Å². The molecule has 3 rings (SSSR count). The highest BCUT2D eigenvalue weighted by molar-refractivity contribution is 7.98. The van der Waals surface area contributed by atoms with Crippen molar-refractivity contribution in [3.8, 4) is 0 Å². The van der Waals surface area contributed by atoms with E-state index in [0.717, 1.165) is 0 Å². The molecular weight excluding hydrogens is 499 g/mol. The third kappa shape index (κ3) is 7.70. The van der Waals surface area contributed by atoms with E-state index >= 15 is 0 Å². The molecule has 0 atom stereocenters. The van der Waals surface area contributed by atoms with E-state index in [2.05, 4.69) is 26.2 Å². The fourth-order valence-corrected chi connectivity index (χ4v) is 5.30. The van der Waals surface area contributed by atoms with E-state index in [-0.39, 0.29) is 10.9 Å². The van der Waals surface area contributed by atoms with Crippen LogP contribution in [0.1, 0.15) is 11.3 Å². The van der Waals surface area contributed by atoms with Crippen molar-refractivity contribution in [3.63, 3.8) is 0 Å². The Bertz CT molecular complexity index is 1000. The smallest absolute Gasteiger partial charge is 0.272 e. The summed E-state index contributed by atoms with van der Waals surface area (Å²) >= 11 is 7.40. The predicted octanol–water partition coefficient (Wildman–Crippen LogP) is 4.15. The van der Waals surface area contributed by atoms with E-state index < -0.39 is 29.6 Å². The molecule has 1 aromatic carbocycles. The second kappa shape index (κ2) is 12.4. The van der Waals surface area contributed by atoms with E-state index in [0.29, 0.717) is 48.1 Å². The number of hydrogen-bond donors (Lipinski definition) is 0. The maximum atomic E-state index is 13.7. The van der Waals surface area contributed by atoms with E-state index in [1.165, 1.54) is 30.5 Å². The summed E-state index contributed by atoms with van der Waals surface area (Å²) in [4.78, 5) is 4.38. The number of alkyl halides is 2. The summed E-state index contributed by atoms with van der Waals surface area (Å²) in [6.45, 7) is 4.01. The number of ether oxygens (including phenoxy) is 1. The third-order valence-corrected chi connectivity index (χ3v) is 7.13. The standard InChI is InChI=1S/C20H21ClF3N5O2S2/c1-25-27-20(31-13-19(23)24)14-2-3-15(26-11-14)12-29(16-4-5-18(22)17(21)10-16)32-28-6-8-33(30)9-7-28/h2-5,10-11,19H,1,6-9,12-13H2/b27-20-. The highest BCUT2D eigenvalue weighted by Gasteiger charge is 2.21. The van der Waals surface area contributed by atoms with E-state index in [4.69, 9.17) is 16.3 Å². The van der Waals surface area contributed by atoms with Gasteiger partial charge in [-0.25, -0.2) is 17.5 Å². The van der Waals surface area contributed by atoms with Crippen LogP contribution in [0.15, 0.2) is 46.7 Å². The Morgan fingerprint density at radius 2 is 2.09 bits per heavy atom. The van der Waals surface area contributed by atoms with Gasteiger partial charge in [-0.05, 0) is 30.3 Å². The Balaban J connectivity index is 1.78. The second-order valence-corrected chi connectivity index (χ2v) is 10.0. The summed E-state index contributed by atoms with van der Waals surface area (Å²) < 4.78 is 59.3. The molecule has 0 N–H and O–H groups in total. The topological polar surface area (TPSA) is 70.4 Å². The number of hydrogen-bond acceptors (Lipinski definition) is 8. The Hall–Kier alpha value is -2.15. The lowest BCUT2D eigenvalue weighted by Crippen LogP contribution is -2.36. The van der Waals surface area contributed by atoms with Crippen LogP contribution in [0.5, 0.6) is 0 Å². The first-order valence-electron chi connectivity index (χ1n) is 9.76. The van der Waals surface area contributed by atoms with E-state index in [1.807, 2.05) is 4.31 Å². The van der Waals surface area contributed by atoms with Crippen molar-refractivity contribution < 1.29 is 22.1 Å². The van der Waals surface area contributed by atoms with Gasteiger partial charge in [0.15, 0.2) is 6.61 Å². The van der Waals surface area contributed by atoms with Crippen molar-refractivity contribution in [3.05, 3.63) is 58.6 Å². The Morgan fingerprint density at radius 3 is 2.70 bits per heavy atom. The minimum Gasteiger partial charge on any atom is -0.470 e.